The van der Waals surface area contributed by atoms with Gasteiger partial charge in [-0.2, -0.15) is 0 Å². The SMILES string of the molecule is CN(CC1CCCC1O)C(=O)c1cc(F)c(F)cc1Br. The van der Waals surface area contributed by atoms with Crippen LogP contribution < -0.4 is 0 Å². The number of carbonyl (C=O) groups is 1. The van der Waals surface area contributed by atoms with E-state index in [1.807, 2.05) is 0 Å². The predicted octanol–water partition coefficient (Wildman–Crippen LogP) is 2.96. The molecule has 0 radical (unpaired) electrons. The summed E-state index contributed by atoms with van der Waals surface area (Å²) in [4.78, 5) is 13.7. The van der Waals surface area contributed by atoms with Crippen LogP contribution in [0, 0.1) is 17.6 Å². The summed E-state index contributed by atoms with van der Waals surface area (Å²) in [7, 11) is 1.60. The molecule has 1 saturated carbocycles. The van der Waals surface area contributed by atoms with Crippen LogP contribution in [0.25, 0.3) is 0 Å². The fraction of sp³-hybridized carbons (Fsp3) is 0.500. The zero-order chi connectivity index (χ0) is 14.9. The Morgan fingerprint density at radius 2 is 2.05 bits per heavy atom. The minimum atomic E-state index is -1.05. The van der Waals surface area contributed by atoms with Crippen molar-refractivity contribution in [3.63, 3.8) is 0 Å². The van der Waals surface area contributed by atoms with Gasteiger partial charge in [0.25, 0.3) is 5.91 Å². The van der Waals surface area contributed by atoms with Crippen LogP contribution in [-0.4, -0.2) is 35.6 Å². The molecule has 110 valence electrons. The number of amides is 1. The number of carbonyl (C=O) groups excluding carboxylic acids is 1. The highest BCUT2D eigenvalue weighted by Crippen LogP contribution is 2.27. The van der Waals surface area contributed by atoms with Crippen molar-refractivity contribution in [2.45, 2.75) is 25.4 Å². The molecule has 1 aliphatic carbocycles. The normalized spacial score (nSPS) is 22.1. The summed E-state index contributed by atoms with van der Waals surface area (Å²) in [5.41, 5.74) is 0.0823. The lowest BCUT2D eigenvalue weighted by molar-refractivity contribution is 0.0692. The van der Waals surface area contributed by atoms with Crippen molar-refractivity contribution < 1.29 is 18.7 Å². The number of nitrogens with zero attached hydrogens (tertiary/aromatic N) is 1. The van der Waals surface area contributed by atoms with Gasteiger partial charge in [0.1, 0.15) is 0 Å². The number of halogens is 3. The molecule has 1 N–H and O–H groups in total. The number of benzene rings is 1. The molecule has 1 aliphatic rings. The van der Waals surface area contributed by atoms with Crippen LogP contribution in [-0.2, 0) is 0 Å². The van der Waals surface area contributed by atoms with E-state index in [-0.39, 0.29) is 16.0 Å². The van der Waals surface area contributed by atoms with Gasteiger partial charge in [-0.05, 0) is 40.9 Å². The van der Waals surface area contributed by atoms with E-state index in [9.17, 15) is 18.7 Å². The second-order valence-corrected chi connectivity index (χ2v) is 6.04. The molecular formula is C14H16BrF2NO2. The smallest absolute Gasteiger partial charge is 0.254 e. The van der Waals surface area contributed by atoms with Crippen LogP contribution in [0.2, 0.25) is 0 Å². The lowest BCUT2D eigenvalue weighted by atomic mass is 10.1. The summed E-state index contributed by atoms with van der Waals surface area (Å²) in [6.45, 7) is 0.408. The van der Waals surface area contributed by atoms with Crippen molar-refractivity contribution in [3.05, 3.63) is 33.8 Å². The van der Waals surface area contributed by atoms with Gasteiger partial charge in [0.05, 0.1) is 11.7 Å². The van der Waals surface area contributed by atoms with Crippen molar-refractivity contribution in [1.29, 1.82) is 0 Å². The summed E-state index contributed by atoms with van der Waals surface area (Å²) < 4.78 is 26.5. The maximum Gasteiger partial charge on any atom is 0.254 e. The minimum absolute atomic E-state index is 0.0491. The number of aliphatic hydroxyl groups is 1. The Bertz CT molecular complexity index is 524. The molecule has 1 amide bonds. The Balaban J connectivity index is 2.12. The Morgan fingerprint density at radius 1 is 1.40 bits per heavy atom. The van der Waals surface area contributed by atoms with Gasteiger partial charge < -0.3 is 10.0 Å². The summed E-state index contributed by atoms with van der Waals surface area (Å²) in [6.07, 6.45) is 2.18. The van der Waals surface area contributed by atoms with Gasteiger partial charge in [-0.3, -0.25) is 4.79 Å². The molecular weight excluding hydrogens is 332 g/mol. The van der Waals surface area contributed by atoms with Crippen LogP contribution in [0.3, 0.4) is 0 Å². The van der Waals surface area contributed by atoms with Crippen LogP contribution >= 0.6 is 15.9 Å². The lowest BCUT2D eigenvalue weighted by Crippen LogP contribution is -2.34. The van der Waals surface area contributed by atoms with E-state index in [1.165, 1.54) is 4.90 Å². The first-order chi connectivity index (χ1) is 9.40. The van der Waals surface area contributed by atoms with Crippen molar-refractivity contribution in [2.24, 2.45) is 5.92 Å². The first-order valence-electron chi connectivity index (χ1n) is 6.48. The first-order valence-corrected chi connectivity index (χ1v) is 7.27. The first kappa shape index (κ1) is 15.4. The Kier molecular flexibility index (Phi) is 4.75. The largest absolute Gasteiger partial charge is 0.393 e. The fourth-order valence-electron chi connectivity index (χ4n) is 2.56. The zero-order valence-corrected chi connectivity index (χ0v) is 12.7. The van der Waals surface area contributed by atoms with Crippen molar-refractivity contribution in [1.82, 2.24) is 4.90 Å². The molecule has 3 nitrogen and oxygen atoms in total. The fourth-order valence-corrected chi connectivity index (χ4v) is 3.04. The second kappa shape index (κ2) is 6.18. The van der Waals surface area contributed by atoms with Crippen LogP contribution in [0.5, 0.6) is 0 Å². The van der Waals surface area contributed by atoms with E-state index in [4.69, 9.17) is 0 Å². The molecule has 2 rings (SSSR count). The van der Waals surface area contributed by atoms with Gasteiger partial charge >= 0.3 is 0 Å². The van der Waals surface area contributed by atoms with Crippen LogP contribution in [0.1, 0.15) is 29.6 Å². The molecule has 1 aromatic rings. The van der Waals surface area contributed by atoms with Crippen molar-refractivity contribution in [2.75, 3.05) is 13.6 Å². The van der Waals surface area contributed by atoms with Crippen molar-refractivity contribution >= 4 is 21.8 Å². The standard InChI is InChI=1S/C14H16BrF2NO2/c1-18(7-8-3-2-4-13(8)19)14(20)9-5-11(16)12(17)6-10(9)15/h5-6,8,13,19H,2-4,7H2,1H3. The van der Waals surface area contributed by atoms with Crippen molar-refractivity contribution in [3.8, 4) is 0 Å². The molecule has 1 aromatic carbocycles. The van der Waals surface area contributed by atoms with Gasteiger partial charge in [0.2, 0.25) is 0 Å². The molecule has 2 unspecified atom stereocenters. The maximum absolute atomic E-state index is 13.2. The molecule has 1 fully saturated rings. The molecule has 2 atom stereocenters. The molecule has 0 spiro atoms. The van der Waals surface area contributed by atoms with Gasteiger partial charge in [-0.25, -0.2) is 8.78 Å². The minimum Gasteiger partial charge on any atom is -0.393 e. The van der Waals surface area contributed by atoms with E-state index in [2.05, 4.69) is 15.9 Å². The van der Waals surface area contributed by atoms with Gasteiger partial charge in [-0.15, -0.1) is 0 Å². The quantitative estimate of drug-likeness (QED) is 0.854. The Morgan fingerprint density at radius 3 is 2.65 bits per heavy atom. The topological polar surface area (TPSA) is 40.5 Å². The van der Waals surface area contributed by atoms with Gasteiger partial charge in [-0.1, -0.05) is 6.42 Å². The molecule has 6 heteroatoms. The molecule has 20 heavy (non-hydrogen) atoms. The summed E-state index contributed by atoms with van der Waals surface area (Å²) in [5, 5.41) is 9.77. The van der Waals surface area contributed by atoms with Crippen LogP contribution in [0.15, 0.2) is 16.6 Å². The molecule has 0 heterocycles. The van der Waals surface area contributed by atoms with E-state index in [1.54, 1.807) is 7.05 Å². The Labute approximate surface area is 124 Å². The molecule has 0 aromatic heterocycles. The highest BCUT2D eigenvalue weighted by molar-refractivity contribution is 9.10. The van der Waals surface area contributed by atoms with E-state index in [0.717, 1.165) is 31.4 Å². The van der Waals surface area contributed by atoms with E-state index in [0.29, 0.717) is 6.54 Å². The summed E-state index contributed by atoms with van der Waals surface area (Å²) >= 11 is 3.07. The summed E-state index contributed by atoms with van der Waals surface area (Å²) in [5.74, 6) is -2.39. The van der Waals surface area contributed by atoms with Gasteiger partial charge in [0.15, 0.2) is 11.6 Å². The number of aliphatic hydroxyl groups excluding tert-OH is 1. The van der Waals surface area contributed by atoms with Gasteiger partial charge in [0, 0.05) is 24.0 Å². The third kappa shape index (κ3) is 3.17. The molecule has 0 saturated heterocycles. The summed E-state index contributed by atoms with van der Waals surface area (Å²) in [6, 6.07) is 1.84. The van der Waals surface area contributed by atoms with Crippen LogP contribution in [0.4, 0.5) is 8.78 Å². The maximum atomic E-state index is 13.2. The number of hydrogen-bond acceptors (Lipinski definition) is 2. The average molecular weight is 348 g/mol. The zero-order valence-electron chi connectivity index (χ0n) is 11.1. The third-order valence-electron chi connectivity index (χ3n) is 3.71. The highest BCUT2D eigenvalue weighted by Gasteiger charge is 2.28. The average Bonchev–Trinajstić information content (AvgIpc) is 2.78. The monoisotopic (exact) mass is 347 g/mol. The van der Waals surface area contributed by atoms with E-state index < -0.39 is 23.6 Å². The third-order valence-corrected chi connectivity index (χ3v) is 4.37. The second-order valence-electron chi connectivity index (χ2n) is 5.19. The number of hydrogen-bond donors (Lipinski definition) is 1. The number of rotatable bonds is 3. The lowest BCUT2D eigenvalue weighted by Gasteiger charge is -2.23. The Hall–Kier alpha value is -1.01. The van der Waals surface area contributed by atoms with E-state index >= 15 is 0 Å². The predicted molar refractivity (Wildman–Crippen MR) is 74.4 cm³/mol. The highest BCUT2D eigenvalue weighted by atomic mass is 79.9. The molecule has 0 aliphatic heterocycles. The molecule has 0 bridgehead atoms.